The third-order valence-electron chi connectivity index (χ3n) is 2.60. The zero-order chi connectivity index (χ0) is 14.4. The minimum atomic E-state index is -5.84. The van der Waals surface area contributed by atoms with Gasteiger partial charge in [-0.25, -0.2) is 0 Å². The van der Waals surface area contributed by atoms with Crippen molar-refractivity contribution in [2.24, 2.45) is 0 Å². The summed E-state index contributed by atoms with van der Waals surface area (Å²) in [4.78, 5) is 0. The van der Waals surface area contributed by atoms with Crippen LogP contribution in [0.5, 0.6) is 0 Å². The lowest BCUT2D eigenvalue weighted by atomic mass is 9.87. The van der Waals surface area contributed by atoms with E-state index in [2.05, 4.69) is 0 Å². The van der Waals surface area contributed by atoms with E-state index >= 15 is 0 Å². The van der Waals surface area contributed by atoms with E-state index in [1.165, 1.54) is 13.0 Å². The Morgan fingerprint density at radius 3 is 1.72 bits per heavy atom. The second-order valence-electron chi connectivity index (χ2n) is 4.02. The van der Waals surface area contributed by atoms with Crippen molar-refractivity contribution in [2.75, 3.05) is 0 Å². The molecule has 18 heavy (non-hydrogen) atoms. The number of hydrogen-bond donors (Lipinski definition) is 1. The Morgan fingerprint density at radius 2 is 1.33 bits per heavy atom. The third kappa shape index (κ3) is 2.19. The Kier molecular flexibility index (Phi) is 3.42. The van der Waals surface area contributed by atoms with Crippen LogP contribution in [0.2, 0.25) is 0 Å². The predicted octanol–water partition coefficient (Wildman–Crippen LogP) is 3.62. The summed E-state index contributed by atoms with van der Waals surface area (Å²) in [5.74, 6) is 0. The molecular formula is C11H10F6O. The van der Waals surface area contributed by atoms with Crippen LogP contribution in [0, 0.1) is 13.8 Å². The van der Waals surface area contributed by atoms with E-state index in [9.17, 15) is 31.4 Å². The first kappa shape index (κ1) is 14.8. The largest absolute Gasteiger partial charge is 0.430 e. The van der Waals surface area contributed by atoms with Crippen LogP contribution in [0.25, 0.3) is 0 Å². The molecule has 0 aliphatic carbocycles. The molecule has 0 spiro atoms. The summed E-state index contributed by atoms with van der Waals surface area (Å²) in [7, 11) is 0. The van der Waals surface area contributed by atoms with Gasteiger partial charge in [-0.3, -0.25) is 0 Å². The summed E-state index contributed by atoms with van der Waals surface area (Å²) in [6.07, 6.45) is -11.7. The van der Waals surface area contributed by atoms with E-state index in [0.717, 1.165) is 13.0 Å². The van der Waals surface area contributed by atoms with Crippen molar-refractivity contribution in [3.63, 3.8) is 0 Å². The molecule has 0 heterocycles. The summed E-state index contributed by atoms with van der Waals surface area (Å²) in [5, 5.41) is 9.21. The van der Waals surface area contributed by atoms with Gasteiger partial charge in [0.1, 0.15) is 0 Å². The van der Waals surface area contributed by atoms with Crippen LogP contribution in [-0.2, 0) is 5.60 Å². The number of aryl methyl sites for hydroxylation is 2. The molecule has 1 aromatic rings. The molecule has 0 aromatic heterocycles. The predicted molar refractivity (Wildman–Crippen MR) is 51.9 cm³/mol. The van der Waals surface area contributed by atoms with Crippen LogP contribution in [0.1, 0.15) is 16.7 Å². The molecule has 1 aromatic carbocycles. The van der Waals surface area contributed by atoms with Gasteiger partial charge < -0.3 is 5.11 Å². The van der Waals surface area contributed by atoms with Crippen LogP contribution >= 0.6 is 0 Å². The SMILES string of the molecule is Cc1ccc(C)c(C(O)(C(F)(F)F)C(F)(F)F)c1. The zero-order valence-corrected chi connectivity index (χ0v) is 9.45. The number of hydrogen-bond acceptors (Lipinski definition) is 1. The van der Waals surface area contributed by atoms with Crippen molar-refractivity contribution < 1.29 is 31.4 Å². The van der Waals surface area contributed by atoms with Gasteiger partial charge in [-0.1, -0.05) is 23.8 Å². The topological polar surface area (TPSA) is 20.2 Å². The van der Waals surface area contributed by atoms with Gasteiger partial charge in [0, 0.05) is 5.56 Å². The van der Waals surface area contributed by atoms with Gasteiger partial charge in [0.05, 0.1) is 0 Å². The Morgan fingerprint density at radius 1 is 0.889 bits per heavy atom. The van der Waals surface area contributed by atoms with E-state index in [1.807, 2.05) is 0 Å². The van der Waals surface area contributed by atoms with E-state index in [4.69, 9.17) is 0 Å². The maximum Gasteiger partial charge on any atom is 0.430 e. The zero-order valence-electron chi connectivity index (χ0n) is 9.45. The Bertz CT molecular complexity index is 432. The van der Waals surface area contributed by atoms with Gasteiger partial charge in [0.2, 0.25) is 0 Å². The third-order valence-corrected chi connectivity index (χ3v) is 2.60. The normalized spacial score (nSPS) is 13.8. The standard InChI is InChI=1S/C11H10F6O/c1-6-3-4-7(2)8(5-6)9(18,10(12,13)14)11(15,16)17/h3-5,18H,1-2H3. The highest BCUT2D eigenvalue weighted by Gasteiger charge is 2.71. The minimum absolute atomic E-state index is 0.197. The van der Waals surface area contributed by atoms with E-state index in [-0.39, 0.29) is 11.1 Å². The second-order valence-corrected chi connectivity index (χ2v) is 4.02. The van der Waals surface area contributed by atoms with Crippen LogP contribution < -0.4 is 0 Å². The molecule has 7 heteroatoms. The smallest absolute Gasteiger partial charge is 0.369 e. The first-order valence-corrected chi connectivity index (χ1v) is 4.85. The highest BCUT2D eigenvalue weighted by Crippen LogP contribution is 2.50. The fourth-order valence-electron chi connectivity index (χ4n) is 1.59. The summed E-state index contributed by atoms with van der Waals surface area (Å²) in [5.41, 5.74) is -6.13. The van der Waals surface area contributed by atoms with Crippen molar-refractivity contribution >= 4 is 0 Å². The summed E-state index contributed by atoms with van der Waals surface area (Å²) in [6.45, 7) is 2.42. The maximum absolute atomic E-state index is 12.6. The van der Waals surface area contributed by atoms with Gasteiger partial charge in [-0.05, 0) is 19.4 Å². The van der Waals surface area contributed by atoms with Crippen LogP contribution in [0.15, 0.2) is 18.2 Å². The summed E-state index contributed by atoms with van der Waals surface area (Å²) >= 11 is 0. The van der Waals surface area contributed by atoms with Crippen LogP contribution in [-0.4, -0.2) is 17.5 Å². The molecule has 0 amide bonds. The van der Waals surface area contributed by atoms with E-state index in [1.54, 1.807) is 0 Å². The molecule has 1 N–H and O–H groups in total. The molecule has 0 aliphatic heterocycles. The molecule has 0 bridgehead atoms. The number of halogens is 6. The molecule has 1 rings (SSSR count). The van der Waals surface area contributed by atoms with Gasteiger partial charge in [-0.15, -0.1) is 0 Å². The second kappa shape index (κ2) is 4.15. The Hall–Kier alpha value is -1.24. The van der Waals surface area contributed by atoms with Gasteiger partial charge in [-0.2, -0.15) is 26.3 Å². The monoisotopic (exact) mass is 272 g/mol. The van der Waals surface area contributed by atoms with Crippen molar-refractivity contribution in [3.8, 4) is 0 Å². The number of aliphatic hydroxyl groups is 1. The molecule has 0 aliphatic rings. The van der Waals surface area contributed by atoms with E-state index < -0.39 is 23.5 Å². The summed E-state index contributed by atoms with van der Waals surface area (Å²) < 4.78 is 75.8. The van der Waals surface area contributed by atoms with E-state index in [0.29, 0.717) is 6.07 Å². The minimum Gasteiger partial charge on any atom is -0.369 e. The van der Waals surface area contributed by atoms with Gasteiger partial charge in [0.15, 0.2) is 0 Å². The first-order chi connectivity index (χ1) is 7.91. The van der Waals surface area contributed by atoms with Crippen molar-refractivity contribution in [1.82, 2.24) is 0 Å². The van der Waals surface area contributed by atoms with Gasteiger partial charge >= 0.3 is 12.4 Å². The fraction of sp³-hybridized carbons (Fsp3) is 0.455. The highest BCUT2D eigenvalue weighted by molar-refractivity contribution is 5.37. The molecule has 102 valence electrons. The van der Waals surface area contributed by atoms with Crippen molar-refractivity contribution in [2.45, 2.75) is 31.8 Å². The Balaban J connectivity index is 3.61. The quantitative estimate of drug-likeness (QED) is 0.774. The Labute approximate surface area is 99.0 Å². The van der Waals surface area contributed by atoms with Crippen molar-refractivity contribution in [3.05, 3.63) is 34.9 Å². The highest BCUT2D eigenvalue weighted by atomic mass is 19.4. The molecule has 0 atom stereocenters. The molecule has 0 saturated heterocycles. The lowest BCUT2D eigenvalue weighted by Gasteiger charge is -2.33. The molecule has 0 radical (unpaired) electrons. The fourth-order valence-corrected chi connectivity index (χ4v) is 1.59. The lowest BCUT2D eigenvalue weighted by molar-refractivity contribution is -0.376. The van der Waals surface area contributed by atoms with Crippen LogP contribution in [0.3, 0.4) is 0 Å². The molecule has 0 saturated carbocycles. The average molecular weight is 272 g/mol. The van der Waals surface area contributed by atoms with Crippen LogP contribution in [0.4, 0.5) is 26.3 Å². The maximum atomic E-state index is 12.6. The first-order valence-electron chi connectivity index (χ1n) is 4.85. The summed E-state index contributed by atoms with van der Waals surface area (Å²) in [6, 6.07) is 3.16. The lowest BCUT2D eigenvalue weighted by Crippen LogP contribution is -2.54. The average Bonchev–Trinajstić information content (AvgIpc) is 2.17. The number of rotatable bonds is 1. The molecule has 0 unspecified atom stereocenters. The molecule has 0 fully saturated rings. The molecule has 1 nitrogen and oxygen atoms in total. The van der Waals surface area contributed by atoms with Gasteiger partial charge in [0.25, 0.3) is 5.60 Å². The van der Waals surface area contributed by atoms with Crippen molar-refractivity contribution in [1.29, 1.82) is 0 Å². The molecular weight excluding hydrogens is 262 g/mol. The number of benzene rings is 1. The number of alkyl halides is 6.